The number of hydrogen-bond donors (Lipinski definition) is 1. The number of ether oxygens (including phenoxy) is 2. The van der Waals surface area contributed by atoms with Gasteiger partial charge in [0.1, 0.15) is 11.5 Å². The Bertz CT molecular complexity index is 603. The van der Waals surface area contributed by atoms with Crippen LogP contribution in [-0.4, -0.2) is 19.6 Å². The Kier molecular flexibility index (Phi) is 5.42. The van der Waals surface area contributed by atoms with Crippen LogP contribution in [0.15, 0.2) is 48.5 Å². The average molecular weight is 299 g/mol. The molecule has 4 nitrogen and oxygen atoms in total. The van der Waals surface area contributed by atoms with Crippen LogP contribution < -0.4 is 14.8 Å². The lowest BCUT2D eigenvalue weighted by Gasteiger charge is -2.09. The highest BCUT2D eigenvalue weighted by Crippen LogP contribution is 2.19. The molecule has 2 aromatic rings. The van der Waals surface area contributed by atoms with Gasteiger partial charge in [-0.25, -0.2) is 0 Å². The molecule has 4 heteroatoms. The summed E-state index contributed by atoms with van der Waals surface area (Å²) in [6.45, 7) is 4.25. The maximum atomic E-state index is 11.8. The van der Waals surface area contributed by atoms with E-state index >= 15 is 0 Å². The molecule has 22 heavy (non-hydrogen) atoms. The van der Waals surface area contributed by atoms with Gasteiger partial charge in [-0.3, -0.25) is 4.79 Å². The van der Waals surface area contributed by atoms with Crippen molar-refractivity contribution in [3.63, 3.8) is 0 Å². The fourth-order valence-electron chi connectivity index (χ4n) is 1.97. The highest BCUT2D eigenvalue weighted by atomic mass is 16.5. The first-order chi connectivity index (χ1) is 10.6. The molecule has 0 saturated carbocycles. The van der Waals surface area contributed by atoms with Gasteiger partial charge >= 0.3 is 0 Å². The largest absolute Gasteiger partial charge is 0.497 e. The summed E-state index contributed by atoms with van der Waals surface area (Å²) in [4.78, 5) is 11.8. The molecule has 1 amide bonds. The lowest BCUT2D eigenvalue weighted by Crippen LogP contribution is -2.20. The average Bonchev–Trinajstić information content (AvgIpc) is 2.54. The highest BCUT2D eigenvalue weighted by Gasteiger charge is 2.05. The highest BCUT2D eigenvalue weighted by molar-refractivity contribution is 5.91. The van der Waals surface area contributed by atoms with E-state index in [4.69, 9.17) is 9.47 Å². The fourth-order valence-corrected chi connectivity index (χ4v) is 1.97. The topological polar surface area (TPSA) is 47.6 Å². The van der Waals surface area contributed by atoms with Crippen LogP contribution in [0.2, 0.25) is 0 Å². The number of amides is 1. The zero-order chi connectivity index (χ0) is 15.9. The summed E-state index contributed by atoms with van der Waals surface area (Å²) in [5, 5.41) is 2.77. The zero-order valence-corrected chi connectivity index (χ0v) is 13.1. The second-order valence-corrected chi connectivity index (χ2v) is 5.29. The number of rotatable bonds is 6. The Balaban J connectivity index is 1.84. The van der Waals surface area contributed by atoms with Crippen LogP contribution in [0.1, 0.15) is 25.3 Å². The molecule has 0 saturated heterocycles. The van der Waals surface area contributed by atoms with E-state index < -0.39 is 0 Å². The Labute approximate surface area is 131 Å². The molecule has 0 atom stereocenters. The van der Waals surface area contributed by atoms with Crippen LogP contribution in [0.3, 0.4) is 0 Å². The molecule has 0 fully saturated rings. The molecule has 0 aliphatic heterocycles. The molecule has 1 N–H and O–H groups in total. The minimum atomic E-state index is -0.196. The lowest BCUT2D eigenvalue weighted by atomic mass is 10.0. The third kappa shape index (κ3) is 4.52. The number of hydrogen-bond acceptors (Lipinski definition) is 3. The monoisotopic (exact) mass is 299 g/mol. The predicted octanol–water partition coefficient (Wildman–Crippen LogP) is 3.84. The summed E-state index contributed by atoms with van der Waals surface area (Å²) >= 11 is 0. The number of anilines is 1. The molecule has 2 rings (SSSR count). The molecule has 0 spiro atoms. The molecule has 116 valence electrons. The summed E-state index contributed by atoms with van der Waals surface area (Å²) in [5.41, 5.74) is 1.96. The quantitative estimate of drug-likeness (QED) is 0.881. The summed E-state index contributed by atoms with van der Waals surface area (Å²) in [7, 11) is 1.60. The minimum absolute atomic E-state index is 0.0208. The van der Waals surface area contributed by atoms with E-state index in [1.54, 1.807) is 31.4 Å². The maximum absolute atomic E-state index is 11.8. The van der Waals surface area contributed by atoms with Crippen LogP contribution in [0.4, 0.5) is 5.69 Å². The summed E-state index contributed by atoms with van der Waals surface area (Å²) in [6, 6.07) is 15.0. The van der Waals surface area contributed by atoms with Gasteiger partial charge in [0.2, 0.25) is 0 Å². The number of methoxy groups -OCH3 is 1. The first kappa shape index (κ1) is 15.9. The van der Waals surface area contributed by atoms with E-state index in [9.17, 15) is 4.79 Å². The van der Waals surface area contributed by atoms with Gasteiger partial charge in [-0.15, -0.1) is 0 Å². The Morgan fingerprint density at radius 2 is 1.59 bits per heavy atom. The number of nitrogens with one attached hydrogen (secondary N) is 1. The SMILES string of the molecule is COc1ccc(NC(=O)COc2ccc(C(C)C)cc2)cc1. The summed E-state index contributed by atoms with van der Waals surface area (Å²) in [6.07, 6.45) is 0. The van der Waals surface area contributed by atoms with Gasteiger partial charge in [0.05, 0.1) is 7.11 Å². The van der Waals surface area contributed by atoms with Gasteiger partial charge in [-0.2, -0.15) is 0 Å². The second kappa shape index (κ2) is 7.50. The molecule has 0 aromatic heterocycles. The van der Waals surface area contributed by atoms with Crippen molar-refractivity contribution in [2.24, 2.45) is 0 Å². The lowest BCUT2D eigenvalue weighted by molar-refractivity contribution is -0.118. The van der Waals surface area contributed by atoms with E-state index in [-0.39, 0.29) is 12.5 Å². The van der Waals surface area contributed by atoms with Crippen LogP contribution >= 0.6 is 0 Å². The standard InChI is InChI=1S/C18H21NO3/c1-13(2)14-4-8-17(9-5-14)22-12-18(20)19-15-6-10-16(21-3)11-7-15/h4-11,13H,12H2,1-3H3,(H,19,20). The first-order valence-electron chi connectivity index (χ1n) is 7.25. The molecule has 0 bridgehead atoms. The van der Waals surface area contributed by atoms with Gasteiger partial charge in [-0.1, -0.05) is 26.0 Å². The molecule has 0 radical (unpaired) electrons. The first-order valence-corrected chi connectivity index (χ1v) is 7.25. The normalized spacial score (nSPS) is 10.4. The van der Waals surface area contributed by atoms with Crippen molar-refractivity contribution < 1.29 is 14.3 Å². The minimum Gasteiger partial charge on any atom is -0.497 e. The van der Waals surface area contributed by atoms with Crippen LogP contribution in [0.25, 0.3) is 0 Å². The van der Waals surface area contributed by atoms with Crippen LogP contribution in [0, 0.1) is 0 Å². The molecule has 2 aromatic carbocycles. The number of benzene rings is 2. The van der Waals surface area contributed by atoms with Crippen molar-refractivity contribution >= 4 is 11.6 Å². The number of carbonyl (C=O) groups is 1. The Morgan fingerprint density at radius 3 is 2.14 bits per heavy atom. The van der Waals surface area contributed by atoms with Crippen molar-refractivity contribution in [2.75, 3.05) is 19.0 Å². The van der Waals surface area contributed by atoms with Crippen molar-refractivity contribution in [3.8, 4) is 11.5 Å². The Hall–Kier alpha value is -2.49. The molecule has 0 unspecified atom stereocenters. The van der Waals surface area contributed by atoms with E-state index in [1.807, 2.05) is 24.3 Å². The molecular weight excluding hydrogens is 278 g/mol. The predicted molar refractivity (Wildman–Crippen MR) is 87.6 cm³/mol. The maximum Gasteiger partial charge on any atom is 0.262 e. The van der Waals surface area contributed by atoms with Gasteiger partial charge in [0.25, 0.3) is 5.91 Å². The van der Waals surface area contributed by atoms with Crippen molar-refractivity contribution in [3.05, 3.63) is 54.1 Å². The summed E-state index contributed by atoms with van der Waals surface area (Å²) < 4.78 is 10.6. The summed E-state index contributed by atoms with van der Waals surface area (Å²) in [5.74, 6) is 1.72. The molecule has 0 heterocycles. The van der Waals surface area contributed by atoms with Crippen LogP contribution in [0.5, 0.6) is 11.5 Å². The van der Waals surface area contributed by atoms with Gasteiger partial charge in [0, 0.05) is 5.69 Å². The van der Waals surface area contributed by atoms with E-state index in [0.29, 0.717) is 17.4 Å². The smallest absolute Gasteiger partial charge is 0.262 e. The number of carbonyl (C=O) groups excluding carboxylic acids is 1. The third-order valence-electron chi connectivity index (χ3n) is 3.29. The Morgan fingerprint density at radius 1 is 1.00 bits per heavy atom. The van der Waals surface area contributed by atoms with E-state index in [1.165, 1.54) is 5.56 Å². The van der Waals surface area contributed by atoms with E-state index in [0.717, 1.165) is 5.75 Å². The zero-order valence-electron chi connectivity index (χ0n) is 13.1. The third-order valence-corrected chi connectivity index (χ3v) is 3.29. The van der Waals surface area contributed by atoms with E-state index in [2.05, 4.69) is 19.2 Å². The van der Waals surface area contributed by atoms with Crippen LogP contribution in [-0.2, 0) is 4.79 Å². The van der Waals surface area contributed by atoms with Crippen molar-refractivity contribution in [1.29, 1.82) is 0 Å². The van der Waals surface area contributed by atoms with Gasteiger partial charge in [-0.05, 0) is 47.9 Å². The molecule has 0 aliphatic rings. The molecule has 0 aliphatic carbocycles. The fraction of sp³-hybridized carbons (Fsp3) is 0.278. The van der Waals surface area contributed by atoms with Gasteiger partial charge < -0.3 is 14.8 Å². The van der Waals surface area contributed by atoms with Gasteiger partial charge in [0.15, 0.2) is 6.61 Å². The second-order valence-electron chi connectivity index (χ2n) is 5.29. The van der Waals surface area contributed by atoms with Crippen molar-refractivity contribution in [2.45, 2.75) is 19.8 Å². The molecular formula is C18H21NO3. The van der Waals surface area contributed by atoms with Crippen molar-refractivity contribution in [1.82, 2.24) is 0 Å².